The third-order valence-corrected chi connectivity index (χ3v) is 5.34. The van der Waals surface area contributed by atoms with Crippen molar-refractivity contribution >= 4 is 11.8 Å². The van der Waals surface area contributed by atoms with Crippen LogP contribution < -0.4 is 11.5 Å². The molecule has 0 atom stereocenters. The standard InChI is InChI=1S/C20H30N4O/c21-8-2-3-15-11-18(12-15)23-14-17(13-22)20-5-1-4-19(24-20)16-6-9-25-10-7-16/h1,4-5,13-16,18H,2-3,6-12,21-22H2. The number of nitrogens with two attached hydrogens (primary N) is 2. The summed E-state index contributed by atoms with van der Waals surface area (Å²) >= 11 is 0. The van der Waals surface area contributed by atoms with E-state index in [1.807, 2.05) is 12.3 Å². The van der Waals surface area contributed by atoms with Crippen molar-refractivity contribution in [2.45, 2.75) is 50.5 Å². The molecule has 0 bridgehead atoms. The summed E-state index contributed by atoms with van der Waals surface area (Å²) in [6.45, 7) is 2.44. The minimum Gasteiger partial charge on any atom is -0.404 e. The number of hydrogen-bond acceptors (Lipinski definition) is 5. The highest BCUT2D eigenvalue weighted by Gasteiger charge is 2.27. The van der Waals surface area contributed by atoms with Gasteiger partial charge in [-0.3, -0.25) is 9.98 Å². The Balaban J connectivity index is 1.59. The van der Waals surface area contributed by atoms with Gasteiger partial charge in [-0.2, -0.15) is 0 Å². The van der Waals surface area contributed by atoms with E-state index in [0.717, 1.165) is 61.9 Å². The third-order valence-electron chi connectivity index (χ3n) is 5.34. The average Bonchev–Trinajstić information content (AvgIpc) is 2.64. The Labute approximate surface area is 150 Å². The zero-order valence-electron chi connectivity index (χ0n) is 14.9. The van der Waals surface area contributed by atoms with E-state index in [2.05, 4.69) is 12.1 Å². The van der Waals surface area contributed by atoms with E-state index >= 15 is 0 Å². The van der Waals surface area contributed by atoms with Crippen molar-refractivity contribution in [2.75, 3.05) is 19.8 Å². The molecule has 0 amide bonds. The molecule has 2 heterocycles. The van der Waals surface area contributed by atoms with Crippen LogP contribution in [0.1, 0.15) is 55.8 Å². The van der Waals surface area contributed by atoms with E-state index in [9.17, 15) is 0 Å². The number of ether oxygens (including phenoxy) is 1. The lowest BCUT2D eigenvalue weighted by molar-refractivity contribution is 0.0845. The first-order valence-electron chi connectivity index (χ1n) is 9.50. The summed E-state index contributed by atoms with van der Waals surface area (Å²) in [7, 11) is 0. The highest BCUT2D eigenvalue weighted by Crippen LogP contribution is 2.33. The molecule has 136 valence electrons. The maximum absolute atomic E-state index is 5.84. The highest BCUT2D eigenvalue weighted by molar-refractivity contribution is 6.08. The zero-order valence-corrected chi connectivity index (χ0v) is 14.9. The monoisotopic (exact) mass is 342 g/mol. The van der Waals surface area contributed by atoms with Gasteiger partial charge in [0, 0.05) is 42.8 Å². The topological polar surface area (TPSA) is 86.5 Å². The molecule has 1 aliphatic carbocycles. The summed E-state index contributed by atoms with van der Waals surface area (Å²) in [6, 6.07) is 6.62. The van der Waals surface area contributed by atoms with Crippen molar-refractivity contribution in [3.8, 4) is 0 Å². The maximum Gasteiger partial charge on any atom is 0.0735 e. The van der Waals surface area contributed by atoms with Crippen LogP contribution in [0.4, 0.5) is 0 Å². The molecule has 5 heteroatoms. The van der Waals surface area contributed by atoms with E-state index in [0.29, 0.717) is 12.0 Å². The Kier molecular flexibility index (Phi) is 6.59. The van der Waals surface area contributed by atoms with Gasteiger partial charge in [-0.25, -0.2) is 0 Å². The number of aromatic nitrogens is 1. The summed E-state index contributed by atoms with van der Waals surface area (Å²) in [4.78, 5) is 9.55. The second kappa shape index (κ2) is 9.11. The van der Waals surface area contributed by atoms with Crippen LogP contribution in [-0.4, -0.2) is 37.0 Å². The predicted molar refractivity (Wildman–Crippen MR) is 102 cm³/mol. The predicted octanol–water partition coefficient (Wildman–Crippen LogP) is 2.86. The Hall–Kier alpha value is -1.72. The zero-order chi connectivity index (χ0) is 17.5. The molecule has 0 spiro atoms. The van der Waals surface area contributed by atoms with Crippen LogP contribution in [-0.2, 0) is 4.74 Å². The molecular weight excluding hydrogens is 312 g/mol. The quantitative estimate of drug-likeness (QED) is 0.746. The molecule has 3 rings (SSSR count). The van der Waals surface area contributed by atoms with Gasteiger partial charge in [-0.1, -0.05) is 6.07 Å². The van der Waals surface area contributed by atoms with Crippen molar-refractivity contribution in [1.82, 2.24) is 4.98 Å². The lowest BCUT2D eigenvalue weighted by atomic mass is 9.78. The molecule has 4 N–H and O–H groups in total. The SMILES string of the molecule is NC=C(C=NC1CC(CCCN)C1)c1cccc(C2CCOCC2)n1. The van der Waals surface area contributed by atoms with E-state index in [1.54, 1.807) is 6.20 Å². The molecule has 1 saturated heterocycles. The van der Waals surface area contributed by atoms with Gasteiger partial charge < -0.3 is 16.2 Å². The van der Waals surface area contributed by atoms with Gasteiger partial charge in [0.25, 0.3) is 0 Å². The fourth-order valence-electron chi connectivity index (χ4n) is 3.68. The molecule has 25 heavy (non-hydrogen) atoms. The molecular formula is C20H30N4O. The fraction of sp³-hybridized carbons (Fsp3) is 0.600. The van der Waals surface area contributed by atoms with Crippen molar-refractivity contribution in [3.63, 3.8) is 0 Å². The van der Waals surface area contributed by atoms with Gasteiger partial charge in [0.1, 0.15) is 0 Å². The van der Waals surface area contributed by atoms with E-state index in [-0.39, 0.29) is 0 Å². The summed E-state index contributed by atoms with van der Waals surface area (Å²) < 4.78 is 5.45. The average molecular weight is 342 g/mol. The van der Waals surface area contributed by atoms with Crippen LogP contribution in [0.15, 0.2) is 29.4 Å². The Bertz CT molecular complexity index is 601. The Morgan fingerprint density at radius 1 is 1.28 bits per heavy atom. The Morgan fingerprint density at radius 3 is 2.80 bits per heavy atom. The summed E-state index contributed by atoms with van der Waals surface area (Å²) in [6.07, 6.45) is 10.3. The van der Waals surface area contributed by atoms with Crippen LogP contribution in [0.3, 0.4) is 0 Å². The summed E-state index contributed by atoms with van der Waals surface area (Å²) in [5, 5.41) is 0. The third kappa shape index (κ3) is 4.89. The van der Waals surface area contributed by atoms with E-state index < -0.39 is 0 Å². The van der Waals surface area contributed by atoms with Gasteiger partial charge in [0.15, 0.2) is 0 Å². The number of rotatable bonds is 7. The molecule has 2 fully saturated rings. The molecule has 0 radical (unpaired) electrons. The van der Waals surface area contributed by atoms with Crippen LogP contribution in [0, 0.1) is 5.92 Å². The molecule has 5 nitrogen and oxygen atoms in total. The largest absolute Gasteiger partial charge is 0.404 e. The highest BCUT2D eigenvalue weighted by atomic mass is 16.5. The summed E-state index contributed by atoms with van der Waals surface area (Å²) in [5.74, 6) is 1.28. The molecule has 0 aromatic carbocycles. The minimum atomic E-state index is 0.427. The first kappa shape index (κ1) is 18.1. The van der Waals surface area contributed by atoms with Gasteiger partial charge >= 0.3 is 0 Å². The molecule has 1 aliphatic heterocycles. The van der Waals surface area contributed by atoms with Crippen molar-refractivity contribution < 1.29 is 4.74 Å². The number of pyridine rings is 1. The second-order valence-corrected chi connectivity index (χ2v) is 7.16. The number of allylic oxidation sites excluding steroid dienone is 1. The normalized spacial score (nSPS) is 25.2. The number of hydrogen-bond donors (Lipinski definition) is 2. The van der Waals surface area contributed by atoms with Gasteiger partial charge in [0.05, 0.1) is 11.7 Å². The molecule has 1 saturated carbocycles. The maximum atomic E-state index is 5.84. The Morgan fingerprint density at radius 2 is 2.08 bits per heavy atom. The molecule has 2 aliphatic rings. The summed E-state index contributed by atoms with van der Waals surface area (Å²) in [5.41, 5.74) is 14.4. The number of aliphatic imine (C=N–C) groups is 1. The van der Waals surface area contributed by atoms with Gasteiger partial charge in [-0.15, -0.1) is 0 Å². The van der Waals surface area contributed by atoms with Crippen LogP contribution in [0.25, 0.3) is 5.57 Å². The van der Waals surface area contributed by atoms with Crippen LogP contribution in [0.2, 0.25) is 0 Å². The second-order valence-electron chi connectivity index (χ2n) is 7.16. The van der Waals surface area contributed by atoms with E-state index in [1.165, 1.54) is 19.3 Å². The first-order valence-corrected chi connectivity index (χ1v) is 9.50. The van der Waals surface area contributed by atoms with Crippen LogP contribution in [0.5, 0.6) is 0 Å². The van der Waals surface area contributed by atoms with Gasteiger partial charge in [-0.05, 0) is 63.1 Å². The lowest BCUT2D eigenvalue weighted by Crippen LogP contribution is -2.27. The fourth-order valence-corrected chi connectivity index (χ4v) is 3.68. The molecule has 1 aromatic rings. The van der Waals surface area contributed by atoms with E-state index in [4.69, 9.17) is 26.2 Å². The van der Waals surface area contributed by atoms with Crippen molar-refractivity contribution in [1.29, 1.82) is 0 Å². The minimum absolute atomic E-state index is 0.427. The molecule has 1 aromatic heterocycles. The smallest absolute Gasteiger partial charge is 0.0735 e. The first-order chi connectivity index (χ1) is 12.3. The van der Waals surface area contributed by atoms with Crippen LogP contribution >= 0.6 is 0 Å². The van der Waals surface area contributed by atoms with Crippen molar-refractivity contribution in [3.05, 3.63) is 35.8 Å². The van der Waals surface area contributed by atoms with Crippen molar-refractivity contribution in [2.24, 2.45) is 22.4 Å². The van der Waals surface area contributed by atoms with Gasteiger partial charge in [0.2, 0.25) is 0 Å². The lowest BCUT2D eigenvalue weighted by Gasteiger charge is -2.32. The number of nitrogens with zero attached hydrogens (tertiary/aromatic N) is 2. The molecule has 0 unspecified atom stereocenters.